The van der Waals surface area contributed by atoms with E-state index in [1.54, 1.807) is 43.5 Å². The number of hydrogen-bond donors (Lipinski definition) is 3. The third kappa shape index (κ3) is 5.07. The molecule has 1 aromatic heterocycles. The summed E-state index contributed by atoms with van der Waals surface area (Å²) in [5.41, 5.74) is -2.10. The average molecular weight is 543 g/mol. The lowest BCUT2D eigenvalue weighted by atomic mass is 9.88. The van der Waals surface area contributed by atoms with E-state index in [2.05, 4.69) is 4.98 Å². The van der Waals surface area contributed by atoms with Gasteiger partial charge in [-0.15, -0.1) is 0 Å². The van der Waals surface area contributed by atoms with Crippen LogP contribution < -0.4 is 0 Å². The highest BCUT2D eigenvalue weighted by Crippen LogP contribution is 2.49. The Morgan fingerprint density at radius 3 is 2.29 bits per heavy atom. The van der Waals surface area contributed by atoms with Gasteiger partial charge in [0, 0.05) is 22.2 Å². The van der Waals surface area contributed by atoms with Crippen molar-refractivity contribution in [3.63, 3.8) is 0 Å². The number of carbonyl (C=O) groups excluding carboxylic acids is 1. The molecular formula is C29H32ClFN2O5. The summed E-state index contributed by atoms with van der Waals surface area (Å²) >= 11 is 6.17. The first-order chi connectivity index (χ1) is 17.8. The van der Waals surface area contributed by atoms with Crippen LogP contribution in [0.3, 0.4) is 0 Å². The molecule has 3 aromatic rings. The van der Waals surface area contributed by atoms with Crippen LogP contribution in [0, 0.1) is 18.2 Å². The van der Waals surface area contributed by atoms with Gasteiger partial charge in [0.1, 0.15) is 5.82 Å². The smallest absolute Gasteiger partial charge is 0.257 e. The third-order valence-electron chi connectivity index (χ3n) is 6.91. The molecule has 2 aromatic carbocycles. The standard InChI is InChI=1S/C29H32ClFN2O5/c1-18-5-10-22(32-13-18)14-33-26(36)23-11-20(27(2,3)37)12-24(31)25(23)29(33,19-6-8-21(30)9-7-19)38-17-28(4,15-34)16-35/h5-13,34-35,37H,14-17H2,1-4H3/t29-/m1/s1. The van der Waals surface area contributed by atoms with Crippen LogP contribution in [-0.4, -0.2) is 50.9 Å². The van der Waals surface area contributed by atoms with Crippen molar-refractivity contribution in [3.05, 3.63) is 99.1 Å². The van der Waals surface area contributed by atoms with Crippen molar-refractivity contribution in [2.75, 3.05) is 19.8 Å². The van der Waals surface area contributed by atoms with Gasteiger partial charge >= 0.3 is 0 Å². The van der Waals surface area contributed by atoms with Gasteiger partial charge in [-0.3, -0.25) is 14.7 Å². The second-order valence-electron chi connectivity index (χ2n) is 10.7. The van der Waals surface area contributed by atoms with E-state index in [1.807, 2.05) is 13.0 Å². The molecule has 7 nitrogen and oxygen atoms in total. The highest BCUT2D eigenvalue weighted by atomic mass is 35.5. The van der Waals surface area contributed by atoms with Gasteiger partial charge in [0.25, 0.3) is 5.91 Å². The summed E-state index contributed by atoms with van der Waals surface area (Å²) in [6, 6.07) is 12.9. The first-order valence-corrected chi connectivity index (χ1v) is 12.6. The first-order valence-electron chi connectivity index (χ1n) is 12.3. The third-order valence-corrected chi connectivity index (χ3v) is 7.16. The number of aryl methyl sites for hydroxylation is 1. The minimum absolute atomic E-state index is 0.0248. The maximum Gasteiger partial charge on any atom is 0.257 e. The number of aliphatic hydroxyl groups excluding tert-OH is 2. The maximum atomic E-state index is 16.2. The van der Waals surface area contributed by atoms with Gasteiger partial charge in [-0.05, 0) is 62.2 Å². The summed E-state index contributed by atoms with van der Waals surface area (Å²) in [5, 5.41) is 31.0. The van der Waals surface area contributed by atoms with E-state index in [-0.39, 0.29) is 29.8 Å². The lowest BCUT2D eigenvalue weighted by Gasteiger charge is -2.41. The molecule has 0 saturated carbocycles. The van der Waals surface area contributed by atoms with Crippen LogP contribution in [0.4, 0.5) is 4.39 Å². The van der Waals surface area contributed by atoms with Gasteiger partial charge in [-0.1, -0.05) is 36.7 Å². The number of pyridine rings is 1. The second kappa shape index (κ2) is 10.4. The second-order valence-corrected chi connectivity index (χ2v) is 11.2. The maximum absolute atomic E-state index is 16.2. The van der Waals surface area contributed by atoms with Crippen LogP contribution in [0.15, 0.2) is 54.7 Å². The number of hydrogen-bond acceptors (Lipinski definition) is 6. The van der Waals surface area contributed by atoms with E-state index in [1.165, 1.54) is 30.9 Å². The molecular weight excluding hydrogens is 511 g/mol. The molecule has 1 aliphatic heterocycles. The van der Waals surface area contributed by atoms with Gasteiger partial charge in [0.05, 0.1) is 48.8 Å². The summed E-state index contributed by atoms with van der Waals surface area (Å²) in [5.74, 6) is -1.26. The molecule has 9 heteroatoms. The summed E-state index contributed by atoms with van der Waals surface area (Å²) in [7, 11) is 0. The molecule has 1 atom stereocenters. The fraction of sp³-hybridized carbons (Fsp3) is 0.379. The van der Waals surface area contributed by atoms with Crippen molar-refractivity contribution >= 4 is 17.5 Å². The number of aromatic nitrogens is 1. The van der Waals surface area contributed by atoms with Gasteiger partial charge in [-0.2, -0.15) is 0 Å². The zero-order valence-electron chi connectivity index (χ0n) is 21.8. The lowest BCUT2D eigenvalue weighted by molar-refractivity contribution is -0.148. The van der Waals surface area contributed by atoms with E-state index in [0.29, 0.717) is 16.3 Å². The summed E-state index contributed by atoms with van der Waals surface area (Å²) < 4.78 is 22.6. The number of nitrogens with zero attached hydrogens (tertiary/aromatic N) is 2. The molecule has 0 spiro atoms. The highest BCUT2D eigenvalue weighted by molar-refractivity contribution is 6.30. The average Bonchev–Trinajstić information content (AvgIpc) is 3.12. The molecule has 0 bridgehead atoms. The Bertz CT molecular complexity index is 1320. The van der Waals surface area contributed by atoms with Crippen molar-refractivity contribution in [1.82, 2.24) is 9.88 Å². The van der Waals surface area contributed by atoms with Gasteiger partial charge in [0.2, 0.25) is 0 Å². The van der Waals surface area contributed by atoms with Crippen molar-refractivity contribution < 1.29 is 29.2 Å². The van der Waals surface area contributed by atoms with Crippen LogP contribution in [-0.2, 0) is 22.6 Å². The van der Waals surface area contributed by atoms with Crippen LogP contribution >= 0.6 is 11.6 Å². The van der Waals surface area contributed by atoms with Gasteiger partial charge in [0.15, 0.2) is 5.72 Å². The number of rotatable bonds is 9. The topological polar surface area (TPSA) is 103 Å². The molecule has 3 N–H and O–H groups in total. The SMILES string of the molecule is Cc1ccc(CN2C(=O)c3cc(C(C)(C)O)cc(F)c3[C@]2(OCC(C)(CO)CO)c2ccc(Cl)cc2)nc1. The molecule has 0 fully saturated rings. The monoisotopic (exact) mass is 542 g/mol. The molecule has 2 heterocycles. The molecule has 0 radical (unpaired) electrons. The van der Waals surface area contributed by atoms with E-state index in [0.717, 1.165) is 5.56 Å². The van der Waals surface area contributed by atoms with E-state index < -0.39 is 41.7 Å². The molecule has 0 saturated heterocycles. The number of fused-ring (bicyclic) bond motifs is 1. The van der Waals surface area contributed by atoms with E-state index >= 15 is 4.39 Å². The highest BCUT2D eigenvalue weighted by Gasteiger charge is 2.55. The van der Waals surface area contributed by atoms with Crippen LogP contribution in [0.5, 0.6) is 0 Å². The molecule has 1 aliphatic rings. The van der Waals surface area contributed by atoms with Crippen LogP contribution in [0.2, 0.25) is 5.02 Å². The summed E-state index contributed by atoms with van der Waals surface area (Å²) in [6.45, 7) is 5.51. The first kappa shape index (κ1) is 28.1. The zero-order valence-corrected chi connectivity index (χ0v) is 22.6. The Balaban J connectivity index is 2.00. The number of benzene rings is 2. The summed E-state index contributed by atoms with van der Waals surface area (Å²) in [6.07, 6.45) is 1.68. The number of carbonyl (C=O) groups is 1. The quantitative estimate of drug-likeness (QED) is 0.373. The lowest BCUT2D eigenvalue weighted by Crippen LogP contribution is -2.49. The predicted octanol–water partition coefficient (Wildman–Crippen LogP) is 4.27. The number of aliphatic hydroxyl groups is 3. The van der Waals surface area contributed by atoms with Crippen molar-refractivity contribution in [3.8, 4) is 0 Å². The largest absolute Gasteiger partial charge is 0.396 e. The molecule has 202 valence electrons. The molecule has 4 rings (SSSR count). The van der Waals surface area contributed by atoms with E-state index in [9.17, 15) is 20.1 Å². The summed E-state index contributed by atoms with van der Waals surface area (Å²) in [4.78, 5) is 19.9. The molecule has 1 amide bonds. The van der Waals surface area contributed by atoms with Crippen molar-refractivity contribution in [2.45, 2.75) is 45.6 Å². The van der Waals surface area contributed by atoms with Crippen molar-refractivity contribution in [2.24, 2.45) is 5.41 Å². The van der Waals surface area contributed by atoms with E-state index in [4.69, 9.17) is 16.3 Å². The Morgan fingerprint density at radius 2 is 1.74 bits per heavy atom. The predicted molar refractivity (Wildman–Crippen MR) is 141 cm³/mol. The van der Waals surface area contributed by atoms with Crippen LogP contribution in [0.25, 0.3) is 0 Å². The minimum Gasteiger partial charge on any atom is -0.396 e. The number of halogens is 2. The molecule has 0 aliphatic carbocycles. The number of amides is 1. The Morgan fingerprint density at radius 1 is 1.08 bits per heavy atom. The number of ether oxygens (including phenoxy) is 1. The Hall–Kier alpha value is -2.88. The van der Waals surface area contributed by atoms with Gasteiger partial charge < -0.3 is 20.1 Å². The normalized spacial score (nSPS) is 17.7. The Kier molecular flexibility index (Phi) is 7.67. The fourth-order valence-corrected chi connectivity index (χ4v) is 4.59. The molecule has 38 heavy (non-hydrogen) atoms. The van der Waals surface area contributed by atoms with Gasteiger partial charge in [-0.25, -0.2) is 4.39 Å². The Labute approximate surface area is 226 Å². The minimum atomic E-state index is -1.78. The van der Waals surface area contributed by atoms with Crippen LogP contribution in [0.1, 0.15) is 59.1 Å². The van der Waals surface area contributed by atoms with Crippen molar-refractivity contribution in [1.29, 1.82) is 0 Å². The molecule has 0 unspecified atom stereocenters. The zero-order chi connectivity index (χ0) is 27.9. The fourth-order valence-electron chi connectivity index (χ4n) is 4.46.